The molecule has 1 rings (SSSR count). The Kier molecular flexibility index (Phi) is 6.83. The number of sulfonamides is 1. The molecule has 0 radical (unpaired) electrons. The second kappa shape index (κ2) is 8.14. The lowest BCUT2D eigenvalue weighted by Crippen LogP contribution is -2.38. The summed E-state index contributed by atoms with van der Waals surface area (Å²) >= 11 is 0. The molecular weight excluding hydrogens is 304 g/mol. The zero-order valence-corrected chi connectivity index (χ0v) is 14.3. The molecule has 22 heavy (non-hydrogen) atoms. The van der Waals surface area contributed by atoms with Crippen LogP contribution in [0.15, 0.2) is 24.3 Å². The van der Waals surface area contributed by atoms with Crippen molar-refractivity contribution in [2.45, 2.75) is 33.8 Å². The highest BCUT2D eigenvalue weighted by atomic mass is 32.2. The third-order valence-electron chi connectivity index (χ3n) is 2.94. The molecule has 1 aromatic carbocycles. The Bertz CT molecular complexity index is 599. The van der Waals surface area contributed by atoms with Gasteiger partial charge in [0.2, 0.25) is 15.9 Å². The van der Waals surface area contributed by atoms with Crippen LogP contribution in [0.2, 0.25) is 0 Å². The Morgan fingerprint density at radius 3 is 2.50 bits per heavy atom. The summed E-state index contributed by atoms with van der Waals surface area (Å²) < 4.78 is 31.1. The Morgan fingerprint density at radius 2 is 1.95 bits per heavy atom. The first kappa shape index (κ1) is 18.4. The molecular formula is C15H24N2O4S. The van der Waals surface area contributed by atoms with Gasteiger partial charge in [-0.05, 0) is 32.9 Å². The van der Waals surface area contributed by atoms with Crippen molar-refractivity contribution in [2.75, 3.05) is 23.7 Å². The zero-order valence-electron chi connectivity index (χ0n) is 13.5. The number of amides is 1. The van der Waals surface area contributed by atoms with Gasteiger partial charge in [0.1, 0.15) is 5.75 Å². The molecule has 0 aromatic heterocycles. The van der Waals surface area contributed by atoms with Crippen molar-refractivity contribution in [1.29, 1.82) is 0 Å². The van der Waals surface area contributed by atoms with E-state index in [9.17, 15) is 13.2 Å². The highest BCUT2D eigenvalue weighted by Crippen LogP contribution is 2.28. The molecule has 0 saturated carbocycles. The van der Waals surface area contributed by atoms with E-state index in [2.05, 4.69) is 4.72 Å². The third-order valence-corrected chi connectivity index (χ3v) is 4.34. The molecule has 0 fully saturated rings. The van der Waals surface area contributed by atoms with E-state index in [0.29, 0.717) is 11.4 Å². The topological polar surface area (TPSA) is 75.7 Å². The van der Waals surface area contributed by atoms with Gasteiger partial charge < -0.3 is 9.64 Å². The van der Waals surface area contributed by atoms with Gasteiger partial charge in [0.15, 0.2) is 0 Å². The van der Waals surface area contributed by atoms with E-state index in [1.165, 1.54) is 11.8 Å². The van der Waals surface area contributed by atoms with E-state index in [-0.39, 0.29) is 30.9 Å². The molecule has 0 atom stereocenters. The maximum atomic E-state index is 11.9. The lowest BCUT2D eigenvalue weighted by atomic mass is 10.2. The van der Waals surface area contributed by atoms with Gasteiger partial charge in [0.25, 0.3) is 0 Å². The molecule has 0 saturated heterocycles. The lowest BCUT2D eigenvalue weighted by Gasteiger charge is -2.24. The first-order valence-electron chi connectivity index (χ1n) is 7.28. The van der Waals surface area contributed by atoms with Gasteiger partial charge in [-0.15, -0.1) is 0 Å². The molecule has 0 heterocycles. The Labute approximate surface area is 132 Å². The number of nitrogens with zero attached hydrogens (tertiary/aromatic N) is 1. The summed E-state index contributed by atoms with van der Waals surface area (Å²) in [5.41, 5.74) is 0.638. The summed E-state index contributed by atoms with van der Waals surface area (Å²) in [5.74, 6) is 0.446. The van der Waals surface area contributed by atoms with Crippen LogP contribution in [-0.4, -0.2) is 39.3 Å². The van der Waals surface area contributed by atoms with Crippen LogP contribution < -0.4 is 14.4 Å². The molecule has 1 N–H and O–H groups in total. The molecule has 124 valence electrons. The largest absolute Gasteiger partial charge is 0.489 e. The summed E-state index contributed by atoms with van der Waals surface area (Å²) in [6.07, 6.45) is -0.0199. The molecule has 1 aromatic rings. The van der Waals surface area contributed by atoms with Gasteiger partial charge in [-0.2, -0.15) is 0 Å². The van der Waals surface area contributed by atoms with Crippen molar-refractivity contribution < 1.29 is 17.9 Å². The monoisotopic (exact) mass is 328 g/mol. The fraction of sp³-hybridized carbons (Fsp3) is 0.533. The fourth-order valence-corrected chi connectivity index (χ4v) is 2.50. The van der Waals surface area contributed by atoms with E-state index in [1.54, 1.807) is 19.1 Å². The molecule has 0 aliphatic rings. The average molecular weight is 328 g/mol. The van der Waals surface area contributed by atoms with Crippen LogP contribution >= 0.6 is 0 Å². The molecule has 0 unspecified atom stereocenters. The predicted molar refractivity (Wildman–Crippen MR) is 87.7 cm³/mol. The number of carbonyl (C=O) groups is 1. The number of hydrogen-bond donors (Lipinski definition) is 1. The zero-order chi connectivity index (χ0) is 16.8. The van der Waals surface area contributed by atoms with Gasteiger partial charge in [-0.3, -0.25) is 4.79 Å². The van der Waals surface area contributed by atoms with Crippen LogP contribution in [-0.2, 0) is 14.8 Å². The summed E-state index contributed by atoms with van der Waals surface area (Å²) in [6.45, 7) is 7.23. The van der Waals surface area contributed by atoms with E-state index in [4.69, 9.17) is 4.74 Å². The minimum Gasteiger partial charge on any atom is -0.489 e. The summed E-state index contributed by atoms with van der Waals surface area (Å²) in [5, 5.41) is 0. The third kappa shape index (κ3) is 5.65. The van der Waals surface area contributed by atoms with Crippen molar-refractivity contribution in [3.8, 4) is 5.75 Å². The second-order valence-corrected chi connectivity index (χ2v) is 7.20. The molecule has 7 heteroatoms. The van der Waals surface area contributed by atoms with Crippen LogP contribution in [0, 0.1) is 0 Å². The molecule has 0 spiro atoms. The van der Waals surface area contributed by atoms with Crippen molar-refractivity contribution in [1.82, 2.24) is 4.72 Å². The van der Waals surface area contributed by atoms with Gasteiger partial charge in [0, 0.05) is 20.0 Å². The van der Waals surface area contributed by atoms with E-state index < -0.39 is 10.0 Å². The standard InChI is InChI=1S/C15H24N2O4S/c1-5-22(19,20)16-10-11-17(13(4)18)14-8-6-7-9-15(14)21-12(2)3/h6-9,12,16H,5,10-11H2,1-4H3. The van der Waals surface area contributed by atoms with Crippen LogP contribution in [0.25, 0.3) is 0 Å². The SMILES string of the molecule is CCS(=O)(=O)NCCN(C(C)=O)c1ccccc1OC(C)C. The van der Waals surface area contributed by atoms with Crippen molar-refractivity contribution >= 4 is 21.6 Å². The maximum Gasteiger partial charge on any atom is 0.224 e. The first-order chi connectivity index (χ1) is 10.3. The quantitative estimate of drug-likeness (QED) is 0.789. The normalized spacial score (nSPS) is 11.5. The molecule has 0 bridgehead atoms. The van der Waals surface area contributed by atoms with Gasteiger partial charge >= 0.3 is 0 Å². The second-order valence-electron chi connectivity index (χ2n) is 5.10. The average Bonchev–Trinajstić information content (AvgIpc) is 2.44. The van der Waals surface area contributed by atoms with Crippen molar-refractivity contribution in [2.24, 2.45) is 0 Å². The number of benzene rings is 1. The van der Waals surface area contributed by atoms with Gasteiger partial charge in [-0.1, -0.05) is 12.1 Å². The first-order valence-corrected chi connectivity index (χ1v) is 8.93. The van der Waals surface area contributed by atoms with E-state index >= 15 is 0 Å². The summed E-state index contributed by atoms with van der Waals surface area (Å²) in [6, 6.07) is 7.23. The Balaban J connectivity index is 2.90. The number of ether oxygens (including phenoxy) is 1. The summed E-state index contributed by atoms with van der Waals surface area (Å²) in [4.78, 5) is 13.4. The van der Waals surface area contributed by atoms with Crippen molar-refractivity contribution in [3.05, 3.63) is 24.3 Å². The number of carbonyl (C=O) groups excluding carboxylic acids is 1. The number of anilines is 1. The molecule has 0 aliphatic carbocycles. The molecule has 6 nitrogen and oxygen atoms in total. The van der Waals surface area contributed by atoms with Gasteiger partial charge in [0.05, 0.1) is 17.5 Å². The Morgan fingerprint density at radius 1 is 1.32 bits per heavy atom. The van der Waals surface area contributed by atoms with Crippen LogP contribution in [0.1, 0.15) is 27.7 Å². The minimum atomic E-state index is -3.27. The highest BCUT2D eigenvalue weighted by Gasteiger charge is 2.17. The number of hydrogen-bond acceptors (Lipinski definition) is 4. The smallest absolute Gasteiger partial charge is 0.224 e. The van der Waals surface area contributed by atoms with E-state index in [1.807, 2.05) is 26.0 Å². The fourth-order valence-electron chi connectivity index (χ4n) is 1.90. The number of para-hydroxylation sites is 2. The maximum absolute atomic E-state index is 11.9. The summed E-state index contributed by atoms with van der Waals surface area (Å²) in [7, 11) is -3.27. The van der Waals surface area contributed by atoms with E-state index in [0.717, 1.165) is 0 Å². The van der Waals surface area contributed by atoms with Crippen LogP contribution in [0.5, 0.6) is 5.75 Å². The predicted octanol–water partition coefficient (Wildman–Crippen LogP) is 1.77. The number of nitrogens with one attached hydrogen (secondary N) is 1. The Hall–Kier alpha value is -1.60. The minimum absolute atomic E-state index is 0.0140. The number of rotatable bonds is 8. The lowest BCUT2D eigenvalue weighted by molar-refractivity contribution is -0.116. The highest BCUT2D eigenvalue weighted by molar-refractivity contribution is 7.89. The molecule has 1 amide bonds. The van der Waals surface area contributed by atoms with Gasteiger partial charge in [-0.25, -0.2) is 13.1 Å². The van der Waals surface area contributed by atoms with Crippen LogP contribution in [0.4, 0.5) is 5.69 Å². The molecule has 0 aliphatic heterocycles. The van der Waals surface area contributed by atoms with Crippen molar-refractivity contribution in [3.63, 3.8) is 0 Å². The van der Waals surface area contributed by atoms with Crippen LogP contribution in [0.3, 0.4) is 0 Å².